The van der Waals surface area contributed by atoms with Crippen molar-refractivity contribution in [3.63, 3.8) is 0 Å². The molecule has 0 bridgehead atoms. The lowest BCUT2D eigenvalue weighted by Crippen LogP contribution is -2.25. The van der Waals surface area contributed by atoms with Crippen LogP contribution in [0.2, 0.25) is 0 Å². The SMILES string of the molecule is CNC(=O)OCc1cccc(COC(=O)NC)[nH+]1. The minimum Gasteiger partial charge on any atom is -0.438 e. The van der Waals surface area contributed by atoms with Crippen LogP contribution in [-0.4, -0.2) is 26.3 Å². The molecular formula is C11H16N3O4+. The van der Waals surface area contributed by atoms with Crippen LogP contribution in [0.5, 0.6) is 0 Å². The summed E-state index contributed by atoms with van der Waals surface area (Å²) in [5, 5.41) is 4.69. The first-order chi connectivity index (χ1) is 8.65. The quantitative estimate of drug-likeness (QED) is 0.803. The fourth-order valence-corrected chi connectivity index (χ4v) is 1.17. The largest absolute Gasteiger partial charge is 0.438 e. The highest BCUT2D eigenvalue weighted by atomic mass is 16.6. The van der Waals surface area contributed by atoms with Gasteiger partial charge in [-0.1, -0.05) is 0 Å². The second-order valence-corrected chi connectivity index (χ2v) is 3.35. The maximum atomic E-state index is 10.9. The Labute approximate surface area is 104 Å². The summed E-state index contributed by atoms with van der Waals surface area (Å²) in [6, 6.07) is 5.32. The van der Waals surface area contributed by atoms with Crippen molar-refractivity contribution >= 4 is 12.2 Å². The Kier molecular flexibility index (Phi) is 5.43. The van der Waals surface area contributed by atoms with Gasteiger partial charge in [0.1, 0.15) is 0 Å². The summed E-state index contributed by atoms with van der Waals surface area (Å²) >= 11 is 0. The molecule has 18 heavy (non-hydrogen) atoms. The zero-order valence-electron chi connectivity index (χ0n) is 10.3. The summed E-state index contributed by atoms with van der Waals surface area (Å²) < 4.78 is 9.76. The molecule has 1 aromatic heterocycles. The van der Waals surface area contributed by atoms with E-state index in [1.54, 1.807) is 18.2 Å². The predicted octanol–water partition coefficient (Wildman–Crippen LogP) is 0.213. The summed E-state index contributed by atoms with van der Waals surface area (Å²) in [6.45, 7) is 0.237. The molecule has 2 amide bonds. The van der Waals surface area contributed by atoms with Crippen LogP contribution in [-0.2, 0) is 22.7 Å². The van der Waals surface area contributed by atoms with Crippen LogP contribution in [0, 0.1) is 0 Å². The highest BCUT2D eigenvalue weighted by molar-refractivity contribution is 5.66. The van der Waals surface area contributed by atoms with Crippen molar-refractivity contribution in [3.05, 3.63) is 29.6 Å². The van der Waals surface area contributed by atoms with Gasteiger partial charge in [0.25, 0.3) is 0 Å². The molecular weight excluding hydrogens is 238 g/mol. The van der Waals surface area contributed by atoms with E-state index in [0.29, 0.717) is 11.4 Å². The third-order valence-electron chi connectivity index (χ3n) is 2.04. The van der Waals surface area contributed by atoms with Gasteiger partial charge in [-0.25, -0.2) is 14.6 Å². The number of amides is 2. The lowest BCUT2D eigenvalue weighted by atomic mass is 10.3. The number of ether oxygens (including phenoxy) is 2. The minimum absolute atomic E-state index is 0.119. The van der Waals surface area contributed by atoms with Gasteiger partial charge in [-0.15, -0.1) is 0 Å². The monoisotopic (exact) mass is 254 g/mol. The van der Waals surface area contributed by atoms with Crippen LogP contribution in [0.1, 0.15) is 11.4 Å². The van der Waals surface area contributed by atoms with Gasteiger partial charge in [-0.2, -0.15) is 0 Å². The number of pyridine rings is 1. The van der Waals surface area contributed by atoms with Gasteiger partial charge in [0, 0.05) is 26.2 Å². The molecule has 3 N–H and O–H groups in total. The first-order valence-electron chi connectivity index (χ1n) is 5.34. The highest BCUT2D eigenvalue weighted by Gasteiger charge is 2.09. The summed E-state index contributed by atoms with van der Waals surface area (Å²) in [6.07, 6.45) is -1.01. The fourth-order valence-electron chi connectivity index (χ4n) is 1.17. The topological polar surface area (TPSA) is 90.8 Å². The second kappa shape index (κ2) is 7.10. The van der Waals surface area contributed by atoms with Crippen LogP contribution in [0.25, 0.3) is 0 Å². The van der Waals surface area contributed by atoms with E-state index in [2.05, 4.69) is 15.6 Å². The first kappa shape index (κ1) is 13.8. The molecule has 0 unspecified atom stereocenters. The van der Waals surface area contributed by atoms with Gasteiger partial charge >= 0.3 is 12.2 Å². The molecule has 0 radical (unpaired) electrons. The highest BCUT2D eigenvalue weighted by Crippen LogP contribution is 1.98. The number of rotatable bonds is 4. The number of nitrogens with one attached hydrogen (secondary N) is 3. The number of hydrogen-bond acceptors (Lipinski definition) is 4. The molecule has 7 nitrogen and oxygen atoms in total. The van der Waals surface area contributed by atoms with Crippen molar-refractivity contribution in [1.29, 1.82) is 0 Å². The van der Waals surface area contributed by atoms with Crippen LogP contribution >= 0.6 is 0 Å². The van der Waals surface area contributed by atoms with Crippen molar-refractivity contribution in [3.8, 4) is 0 Å². The Bertz CT molecular complexity index is 387. The molecule has 0 aliphatic carbocycles. The standard InChI is InChI=1S/C11H15N3O4/c1-12-10(15)17-6-8-4-3-5-9(14-8)7-18-11(16)13-2/h3-5H,6-7H2,1-2H3,(H,12,15)(H,13,16)/p+1. The predicted molar refractivity (Wildman–Crippen MR) is 61.5 cm³/mol. The van der Waals surface area contributed by atoms with Crippen LogP contribution in [0.4, 0.5) is 9.59 Å². The zero-order valence-corrected chi connectivity index (χ0v) is 10.3. The van der Waals surface area contributed by atoms with E-state index < -0.39 is 12.2 Å². The number of carbonyl (C=O) groups is 2. The zero-order chi connectivity index (χ0) is 13.4. The van der Waals surface area contributed by atoms with E-state index in [-0.39, 0.29) is 13.2 Å². The maximum absolute atomic E-state index is 10.9. The molecule has 0 aliphatic heterocycles. The third kappa shape index (κ3) is 4.69. The minimum atomic E-state index is -0.504. The van der Waals surface area contributed by atoms with Gasteiger partial charge in [0.05, 0.1) is 0 Å². The molecule has 1 aromatic rings. The molecule has 98 valence electrons. The molecule has 1 rings (SSSR count). The van der Waals surface area contributed by atoms with Gasteiger partial charge in [0.15, 0.2) is 13.2 Å². The molecule has 0 saturated carbocycles. The normalized spacial score (nSPS) is 9.44. The van der Waals surface area contributed by atoms with Crippen LogP contribution < -0.4 is 15.6 Å². The summed E-state index contributed by atoms with van der Waals surface area (Å²) in [5.41, 5.74) is 1.41. The van der Waals surface area contributed by atoms with Crippen molar-refractivity contribution in [2.45, 2.75) is 13.2 Å². The van der Waals surface area contributed by atoms with E-state index in [0.717, 1.165) is 0 Å². The maximum Gasteiger partial charge on any atom is 0.407 e. The number of hydrogen-bond donors (Lipinski definition) is 2. The van der Waals surface area contributed by atoms with Gasteiger partial charge in [0.2, 0.25) is 11.4 Å². The van der Waals surface area contributed by atoms with Crippen molar-refractivity contribution < 1.29 is 24.0 Å². The molecule has 0 atom stereocenters. The molecule has 7 heteroatoms. The van der Waals surface area contributed by atoms with Crippen molar-refractivity contribution in [2.75, 3.05) is 14.1 Å². The number of aromatic nitrogens is 1. The van der Waals surface area contributed by atoms with E-state index in [1.165, 1.54) is 14.1 Å². The Hall–Kier alpha value is -2.31. The van der Waals surface area contributed by atoms with E-state index in [1.807, 2.05) is 0 Å². The lowest BCUT2D eigenvalue weighted by Gasteiger charge is -2.02. The summed E-state index contributed by atoms with van der Waals surface area (Å²) in [7, 11) is 2.97. The average Bonchev–Trinajstić information content (AvgIpc) is 2.42. The van der Waals surface area contributed by atoms with Gasteiger partial charge in [-0.3, -0.25) is 0 Å². The van der Waals surface area contributed by atoms with Gasteiger partial charge < -0.3 is 20.1 Å². The van der Waals surface area contributed by atoms with E-state index in [9.17, 15) is 9.59 Å². The lowest BCUT2D eigenvalue weighted by molar-refractivity contribution is -0.410. The number of aromatic amines is 1. The Morgan fingerprint density at radius 1 is 1.06 bits per heavy atom. The molecule has 0 aliphatic rings. The van der Waals surface area contributed by atoms with Gasteiger partial charge in [-0.05, 0) is 6.07 Å². The van der Waals surface area contributed by atoms with E-state index in [4.69, 9.17) is 9.47 Å². The van der Waals surface area contributed by atoms with Crippen LogP contribution in [0.3, 0.4) is 0 Å². The third-order valence-corrected chi connectivity index (χ3v) is 2.04. The second-order valence-electron chi connectivity index (χ2n) is 3.35. The summed E-state index contributed by atoms with van der Waals surface area (Å²) in [5.74, 6) is 0. The van der Waals surface area contributed by atoms with Crippen LogP contribution in [0.15, 0.2) is 18.2 Å². The molecule has 0 saturated heterocycles. The average molecular weight is 254 g/mol. The Morgan fingerprint density at radius 3 is 1.89 bits per heavy atom. The smallest absolute Gasteiger partial charge is 0.407 e. The first-order valence-corrected chi connectivity index (χ1v) is 5.34. The number of carbonyl (C=O) groups excluding carboxylic acids is 2. The van der Waals surface area contributed by atoms with Crippen molar-refractivity contribution in [1.82, 2.24) is 10.6 Å². The summed E-state index contributed by atoms with van der Waals surface area (Å²) in [4.78, 5) is 24.8. The number of H-pyrrole nitrogens is 1. The Morgan fingerprint density at radius 2 is 1.50 bits per heavy atom. The molecule has 0 aromatic carbocycles. The molecule has 1 heterocycles. The molecule has 0 spiro atoms. The number of alkyl carbamates (subject to hydrolysis) is 2. The fraction of sp³-hybridized carbons (Fsp3) is 0.364. The Balaban J connectivity index is 2.51. The molecule has 0 fully saturated rings. The van der Waals surface area contributed by atoms with Crippen molar-refractivity contribution in [2.24, 2.45) is 0 Å². The van der Waals surface area contributed by atoms with E-state index >= 15 is 0 Å².